The van der Waals surface area contributed by atoms with Crippen LogP contribution in [0.2, 0.25) is 0 Å². The van der Waals surface area contributed by atoms with Gasteiger partial charge >= 0.3 is 5.97 Å². The molecule has 200 valence electrons. The lowest BCUT2D eigenvalue weighted by molar-refractivity contribution is -0.181. The minimum absolute atomic E-state index is 0.0712. The number of benzene rings is 2. The van der Waals surface area contributed by atoms with Crippen LogP contribution in [0.25, 0.3) is 0 Å². The van der Waals surface area contributed by atoms with Crippen molar-refractivity contribution in [3.05, 3.63) is 71.8 Å². The average Bonchev–Trinajstić information content (AvgIpc) is 3.16. The van der Waals surface area contributed by atoms with Gasteiger partial charge in [-0.1, -0.05) is 63.6 Å². The van der Waals surface area contributed by atoms with Gasteiger partial charge in [-0.2, -0.15) is 0 Å². The maximum Gasteiger partial charge on any atom is 0.339 e. The fourth-order valence-electron chi connectivity index (χ4n) is 5.38. The lowest BCUT2D eigenvalue weighted by Gasteiger charge is -2.38. The number of ether oxygens (including phenoxy) is 2. The van der Waals surface area contributed by atoms with Crippen LogP contribution in [0, 0.1) is 17.8 Å². The highest BCUT2D eigenvalue weighted by Gasteiger charge is 2.40. The highest BCUT2D eigenvalue weighted by molar-refractivity contribution is 8.17. The minimum atomic E-state index is -0.873. The Bertz CT molecular complexity index is 998. The van der Waals surface area contributed by atoms with Crippen LogP contribution in [0.3, 0.4) is 0 Å². The Morgan fingerprint density at radius 1 is 0.973 bits per heavy atom. The van der Waals surface area contributed by atoms with Crippen LogP contribution >= 0.6 is 23.5 Å². The maximum absolute atomic E-state index is 12.9. The lowest BCUT2D eigenvalue weighted by atomic mass is 9.75. The predicted octanol–water partition coefficient (Wildman–Crippen LogP) is 7.72. The highest BCUT2D eigenvalue weighted by Crippen LogP contribution is 2.41. The van der Waals surface area contributed by atoms with Crippen molar-refractivity contribution in [2.75, 3.05) is 0 Å². The molecule has 2 aromatic carbocycles. The van der Waals surface area contributed by atoms with E-state index in [1.54, 1.807) is 23.5 Å². The first-order chi connectivity index (χ1) is 17.8. The third-order valence-electron chi connectivity index (χ3n) is 7.50. The van der Waals surface area contributed by atoms with Crippen LogP contribution in [0.1, 0.15) is 59.8 Å². The van der Waals surface area contributed by atoms with Crippen LogP contribution in [0.4, 0.5) is 0 Å². The molecule has 2 aromatic rings. The van der Waals surface area contributed by atoms with E-state index in [-0.39, 0.29) is 10.7 Å². The van der Waals surface area contributed by atoms with E-state index in [0.29, 0.717) is 29.7 Å². The average molecular weight is 541 g/mol. The number of rotatable bonds is 11. The van der Waals surface area contributed by atoms with Gasteiger partial charge in [-0.05, 0) is 74.6 Å². The van der Waals surface area contributed by atoms with E-state index in [0.717, 1.165) is 24.8 Å². The molecule has 5 atom stereocenters. The Morgan fingerprint density at radius 2 is 1.57 bits per heavy atom. The summed E-state index contributed by atoms with van der Waals surface area (Å²) < 4.78 is 12.3. The number of aliphatic hydroxyl groups is 1. The first-order valence-electron chi connectivity index (χ1n) is 13.5. The van der Waals surface area contributed by atoms with Crippen molar-refractivity contribution in [2.45, 2.75) is 92.7 Å². The van der Waals surface area contributed by atoms with Gasteiger partial charge in [-0.25, -0.2) is 4.79 Å². The monoisotopic (exact) mass is 540 g/mol. The summed E-state index contributed by atoms with van der Waals surface area (Å²) in [7, 11) is 0. The first-order valence-corrected chi connectivity index (χ1v) is 15.3. The molecule has 1 aliphatic carbocycles. The molecule has 1 heterocycles. The largest absolute Gasteiger partial charge is 0.428 e. The van der Waals surface area contributed by atoms with E-state index in [9.17, 15) is 9.90 Å². The molecule has 1 saturated carbocycles. The summed E-state index contributed by atoms with van der Waals surface area (Å²) in [5.41, 5.74) is 1.10. The molecule has 4 rings (SSSR count). The van der Waals surface area contributed by atoms with Crippen LogP contribution in [0.5, 0.6) is 0 Å². The number of carbonyl (C=O) groups is 1. The minimum Gasteiger partial charge on any atom is -0.428 e. The molecule has 0 aromatic heterocycles. The lowest BCUT2D eigenvalue weighted by Crippen LogP contribution is -2.37. The van der Waals surface area contributed by atoms with Crippen molar-refractivity contribution in [1.82, 2.24) is 0 Å². The van der Waals surface area contributed by atoms with Gasteiger partial charge in [0, 0.05) is 15.4 Å². The Morgan fingerprint density at radius 3 is 2.14 bits per heavy atom. The Hall–Kier alpha value is -1.73. The number of esters is 1. The molecule has 4 nitrogen and oxygen atoms in total. The summed E-state index contributed by atoms with van der Waals surface area (Å²) in [5.74, 6) is 1.14. The van der Waals surface area contributed by atoms with Gasteiger partial charge < -0.3 is 14.6 Å². The van der Waals surface area contributed by atoms with Crippen molar-refractivity contribution < 1.29 is 19.4 Å². The van der Waals surface area contributed by atoms with E-state index in [4.69, 9.17) is 9.47 Å². The second kappa shape index (κ2) is 13.4. The second-order valence-corrected chi connectivity index (χ2v) is 13.6. The number of cyclic esters (lactones) is 1. The molecule has 0 unspecified atom stereocenters. The molecule has 6 heteroatoms. The van der Waals surface area contributed by atoms with Gasteiger partial charge in [0.2, 0.25) is 6.29 Å². The summed E-state index contributed by atoms with van der Waals surface area (Å²) in [4.78, 5) is 15.2. The first kappa shape index (κ1) is 28.3. The normalized spacial score (nSPS) is 25.1. The van der Waals surface area contributed by atoms with E-state index >= 15 is 0 Å². The molecule has 0 amide bonds. The van der Waals surface area contributed by atoms with E-state index < -0.39 is 18.4 Å². The molecule has 2 aliphatic rings. The molecular weight excluding hydrogens is 500 g/mol. The SMILES string of the molecule is CC1=C([C@H](O)CCC(Sc2ccccc2)Sc2ccccc2)C(=O)O[C@H]1O[C@@H]1C[C@H](C)CC[C@H]1C(C)C. The third-order valence-corrected chi connectivity index (χ3v) is 10.2. The number of hydrogen-bond donors (Lipinski definition) is 1. The standard InChI is InChI=1S/C31H40O4S2/c1-20(2)25-16-15-21(3)19-27(25)34-31-22(4)29(30(33)35-31)26(32)17-18-28(36-23-11-7-5-8-12-23)37-24-13-9-6-10-14-24/h5-14,20-21,25-28,31-32H,15-19H2,1-4H3/t21-,25+,26-,27-,31-/m1/s1. The van der Waals surface area contributed by atoms with Gasteiger partial charge in [-0.15, -0.1) is 23.5 Å². The zero-order chi connectivity index (χ0) is 26.4. The van der Waals surface area contributed by atoms with Crippen LogP contribution in [0.15, 0.2) is 81.6 Å². The quantitative estimate of drug-likeness (QED) is 0.179. The fraction of sp³-hybridized carbons (Fsp3) is 0.516. The van der Waals surface area contributed by atoms with E-state index in [2.05, 4.69) is 45.0 Å². The van der Waals surface area contributed by atoms with Crippen LogP contribution in [-0.2, 0) is 14.3 Å². The van der Waals surface area contributed by atoms with Gasteiger partial charge in [0.1, 0.15) is 0 Å². The Labute approximate surface area is 230 Å². The molecule has 1 aliphatic heterocycles. The van der Waals surface area contributed by atoms with Gasteiger partial charge in [0.25, 0.3) is 0 Å². The topological polar surface area (TPSA) is 55.8 Å². The molecule has 0 spiro atoms. The van der Waals surface area contributed by atoms with Crippen molar-refractivity contribution in [3.8, 4) is 0 Å². The highest BCUT2D eigenvalue weighted by atomic mass is 32.2. The predicted molar refractivity (Wildman–Crippen MR) is 152 cm³/mol. The van der Waals surface area contributed by atoms with Crippen molar-refractivity contribution >= 4 is 29.5 Å². The summed E-state index contributed by atoms with van der Waals surface area (Å²) in [6.07, 6.45) is 3.07. The number of carbonyl (C=O) groups excluding carboxylic acids is 1. The zero-order valence-electron chi connectivity index (χ0n) is 22.3. The second-order valence-electron chi connectivity index (χ2n) is 10.7. The van der Waals surface area contributed by atoms with Crippen molar-refractivity contribution in [2.24, 2.45) is 17.8 Å². The zero-order valence-corrected chi connectivity index (χ0v) is 24.0. The van der Waals surface area contributed by atoms with Crippen molar-refractivity contribution in [1.29, 1.82) is 0 Å². The Kier molecular flexibility index (Phi) is 10.2. The van der Waals surface area contributed by atoms with E-state index in [1.165, 1.54) is 16.2 Å². The summed E-state index contributed by atoms with van der Waals surface area (Å²) in [6.45, 7) is 8.63. The molecule has 1 fully saturated rings. The van der Waals surface area contributed by atoms with Gasteiger partial charge in [-0.3, -0.25) is 0 Å². The smallest absolute Gasteiger partial charge is 0.339 e. The molecule has 0 radical (unpaired) electrons. The molecule has 37 heavy (non-hydrogen) atoms. The van der Waals surface area contributed by atoms with Crippen molar-refractivity contribution in [3.63, 3.8) is 0 Å². The molecule has 0 saturated heterocycles. The maximum atomic E-state index is 12.9. The van der Waals surface area contributed by atoms with Gasteiger partial charge in [0.15, 0.2) is 0 Å². The van der Waals surface area contributed by atoms with Crippen LogP contribution in [-0.4, -0.2) is 34.2 Å². The Balaban J connectivity index is 1.42. The third kappa shape index (κ3) is 7.66. The van der Waals surface area contributed by atoms with Crippen LogP contribution < -0.4 is 0 Å². The molecule has 0 bridgehead atoms. The number of hydrogen-bond acceptors (Lipinski definition) is 6. The van der Waals surface area contributed by atoms with Gasteiger partial charge in [0.05, 0.1) is 22.4 Å². The van der Waals surface area contributed by atoms with E-state index in [1.807, 2.05) is 43.3 Å². The fourth-order valence-corrected chi connectivity index (χ4v) is 7.98. The number of aliphatic hydroxyl groups excluding tert-OH is 1. The summed E-state index contributed by atoms with van der Waals surface area (Å²) in [6, 6.07) is 20.6. The summed E-state index contributed by atoms with van der Waals surface area (Å²) in [5, 5.41) is 11.1. The summed E-state index contributed by atoms with van der Waals surface area (Å²) >= 11 is 3.58. The molecular formula is C31H40O4S2. The molecule has 1 N–H and O–H groups in total. The number of thioether (sulfide) groups is 2.